The zero-order valence-corrected chi connectivity index (χ0v) is 14.7. The first-order valence-electron chi connectivity index (χ1n) is 7.94. The Morgan fingerprint density at radius 2 is 2.04 bits per heavy atom. The van der Waals surface area contributed by atoms with Crippen LogP contribution in [0.1, 0.15) is 12.3 Å². The van der Waals surface area contributed by atoms with Gasteiger partial charge in [-0.15, -0.1) is 0 Å². The Hall–Kier alpha value is -2.97. The summed E-state index contributed by atoms with van der Waals surface area (Å²) in [5.74, 6) is -0.782. The summed E-state index contributed by atoms with van der Waals surface area (Å²) in [6.07, 6.45) is -0.109. The van der Waals surface area contributed by atoms with E-state index in [-0.39, 0.29) is 30.3 Å². The molecule has 3 rings (SSSR count). The van der Waals surface area contributed by atoms with Crippen LogP contribution in [0, 0.1) is 5.82 Å². The fourth-order valence-electron chi connectivity index (χ4n) is 2.33. The third-order valence-corrected chi connectivity index (χ3v) is 3.83. The Bertz CT molecular complexity index is 946. The number of hydrogen-bond donors (Lipinski definition) is 2. The number of halogens is 2. The zero-order valence-electron chi connectivity index (χ0n) is 13.9. The third kappa shape index (κ3) is 5.02. The number of nitrogens with zero attached hydrogens (tertiary/aromatic N) is 2. The molecule has 0 saturated carbocycles. The predicted octanol–water partition coefficient (Wildman–Crippen LogP) is 3.67. The van der Waals surface area contributed by atoms with Crippen LogP contribution in [0.4, 0.5) is 4.39 Å². The molecule has 1 aromatic heterocycles. The molecular weight excluding hydrogens is 377 g/mol. The first-order valence-corrected chi connectivity index (χ1v) is 8.32. The fraction of sp³-hybridized carbons (Fsp3) is 0.167. The van der Waals surface area contributed by atoms with Crippen molar-refractivity contribution >= 4 is 17.6 Å². The number of carbonyl (C=O) groups is 1. The zero-order chi connectivity index (χ0) is 19.4. The lowest BCUT2D eigenvalue weighted by atomic mass is 10.1. The smallest absolute Gasteiger partial charge is 0.304 e. The monoisotopic (exact) mass is 391 g/mol. The molecule has 0 saturated heterocycles. The van der Waals surface area contributed by atoms with Gasteiger partial charge in [-0.3, -0.25) is 4.79 Å². The molecule has 0 spiro atoms. The number of nitrogens with two attached hydrogens (primary N) is 1. The molecule has 1 atom stereocenters. The first-order chi connectivity index (χ1) is 12.9. The summed E-state index contributed by atoms with van der Waals surface area (Å²) in [7, 11) is 0. The maximum absolute atomic E-state index is 14.3. The number of aliphatic carboxylic acids is 1. The van der Waals surface area contributed by atoms with Crippen LogP contribution < -0.4 is 10.5 Å². The maximum atomic E-state index is 14.3. The van der Waals surface area contributed by atoms with Gasteiger partial charge in [0.15, 0.2) is 11.6 Å². The van der Waals surface area contributed by atoms with E-state index in [4.69, 9.17) is 31.7 Å². The van der Waals surface area contributed by atoms with Crippen molar-refractivity contribution in [2.45, 2.75) is 18.9 Å². The molecule has 7 nitrogen and oxygen atoms in total. The number of carboxylic acid groups (broad SMARTS) is 1. The molecule has 0 aliphatic heterocycles. The van der Waals surface area contributed by atoms with Crippen LogP contribution >= 0.6 is 11.6 Å². The van der Waals surface area contributed by atoms with Gasteiger partial charge >= 0.3 is 5.97 Å². The molecule has 1 heterocycles. The van der Waals surface area contributed by atoms with Crippen molar-refractivity contribution in [2.24, 2.45) is 5.73 Å². The quantitative estimate of drug-likeness (QED) is 0.632. The number of aromatic nitrogens is 2. The summed E-state index contributed by atoms with van der Waals surface area (Å²) in [5.41, 5.74) is 6.07. The minimum absolute atomic E-state index is 0.0354. The Kier molecular flexibility index (Phi) is 5.68. The molecule has 9 heteroatoms. The van der Waals surface area contributed by atoms with Crippen molar-refractivity contribution in [1.29, 1.82) is 0 Å². The SMILES string of the molecule is N[C@@H](CC(=O)O)Cc1nc(-c2ccc(Oc3ccc(Cl)cc3)c(F)c2)no1. The van der Waals surface area contributed by atoms with Crippen LogP contribution in [0.15, 0.2) is 47.0 Å². The highest BCUT2D eigenvalue weighted by atomic mass is 35.5. The normalized spacial score (nSPS) is 12.0. The topological polar surface area (TPSA) is 111 Å². The van der Waals surface area contributed by atoms with Gasteiger partial charge in [0.1, 0.15) is 5.75 Å². The molecule has 2 aromatic carbocycles. The van der Waals surface area contributed by atoms with E-state index in [1.165, 1.54) is 12.1 Å². The van der Waals surface area contributed by atoms with Crippen molar-refractivity contribution in [2.75, 3.05) is 0 Å². The lowest BCUT2D eigenvalue weighted by Crippen LogP contribution is -2.26. The van der Waals surface area contributed by atoms with Crippen LogP contribution in [0.5, 0.6) is 11.5 Å². The van der Waals surface area contributed by atoms with E-state index in [1.54, 1.807) is 30.3 Å². The number of carboxylic acids is 1. The van der Waals surface area contributed by atoms with Gasteiger partial charge in [-0.1, -0.05) is 16.8 Å². The van der Waals surface area contributed by atoms with E-state index >= 15 is 0 Å². The Morgan fingerprint density at radius 1 is 1.30 bits per heavy atom. The second-order valence-corrected chi connectivity index (χ2v) is 6.21. The van der Waals surface area contributed by atoms with Crippen LogP contribution in [-0.2, 0) is 11.2 Å². The average molecular weight is 392 g/mol. The lowest BCUT2D eigenvalue weighted by Gasteiger charge is -2.07. The number of benzene rings is 2. The van der Waals surface area contributed by atoms with Gasteiger partial charge < -0.3 is 20.1 Å². The predicted molar refractivity (Wildman–Crippen MR) is 95.2 cm³/mol. The van der Waals surface area contributed by atoms with Crippen molar-refractivity contribution in [3.63, 3.8) is 0 Å². The second kappa shape index (κ2) is 8.15. The summed E-state index contributed by atoms with van der Waals surface area (Å²) in [6.45, 7) is 0. The Labute approximate surface area is 158 Å². The molecule has 0 fully saturated rings. The third-order valence-electron chi connectivity index (χ3n) is 3.57. The van der Waals surface area contributed by atoms with Crippen molar-refractivity contribution in [1.82, 2.24) is 10.1 Å². The summed E-state index contributed by atoms with van der Waals surface area (Å²) >= 11 is 5.80. The van der Waals surface area contributed by atoms with Gasteiger partial charge in [0, 0.05) is 23.0 Å². The highest BCUT2D eigenvalue weighted by Crippen LogP contribution is 2.28. The molecule has 0 unspecified atom stereocenters. The molecule has 0 bridgehead atoms. The molecule has 3 N–H and O–H groups in total. The van der Waals surface area contributed by atoms with E-state index in [9.17, 15) is 9.18 Å². The maximum Gasteiger partial charge on any atom is 0.304 e. The minimum atomic E-state index is -1.01. The summed E-state index contributed by atoms with van der Waals surface area (Å²) < 4.78 is 24.9. The molecular formula is C18H15ClFN3O4. The molecule has 0 radical (unpaired) electrons. The standard InChI is InChI=1S/C18H15ClFN3O4/c19-11-2-4-13(5-3-11)26-15-6-1-10(7-14(15)20)18-22-16(27-23-18)8-12(21)9-17(24)25/h1-7,12H,8-9,21H2,(H,24,25)/t12-/m1/s1. The largest absolute Gasteiger partial charge is 0.481 e. The van der Waals surface area contributed by atoms with Gasteiger partial charge in [-0.25, -0.2) is 4.39 Å². The molecule has 0 aliphatic rings. The van der Waals surface area contributed by atoms with Crippen molar-refractivity contribution in [3.8, 4) is 22.9 Å². The highest BCUT2D eigenvalue weighted by Gasteiger charge is 2.16. The summed E-state index contributed by atoms with van der Waals surface area (Å²) in [5, 5.41) is 13.0. The molecule has 27 heavy (non-hydrogen) atoms. The van der Waals surface area contributed by atoms with E-state index in [1.807, 2.05) is 0 Å². The van der Waals surface area contributed by atoms with Crippen molar-refractivity contribution < 1.29 is 23.6 Å². The number of rotatable bonds is 7. The highest BCUT2D eigenvalue weighted by molar-refractivity contribution is 6.30. The molecule has 140 valence electrons. The average Bonchev–Trinajstić information content (AvgIpc) is 3.06. The number of hydrogen-bond acceptors (Lipinski definition) is 6. The van der Waals surface area contributed by atoms with Crippen LogP contribution in [-0.4, -0.2) is 27.3 Å². The van der Waals surface area contributed by atoms with Gasteiger partial charge in [-0.2, -0.15) is 4.98 Å². The van der Waals surface area contributed by atoms with Gasteiger partial charge in [-0.05, 0) is 42.5 Å². The summed E-state index contributed by atoms with van der Waals surface area (Å²) in [4.78, 5) is 14.8. The van der Waals surface area contributed by atoms with Gasteiger partial charge in [0.2, 0.25) is 11.7 Å². The van der Waals surface area contributed by atoms with Crippen LogP contribution in [0.2, 0.25) is 5.02 Å². The summed E-state index contributed by atoms with van der Waals surface area (Å²) in [6, 6.07) is 10.1. The van der Waals surface area contributed by atoms with E-state index < -0.39 is 17.8 Å². The van der Waals surface area contributed by atoms with Gasteiger partial charge in [0.25, 0.3) is 0 Å². The van der Waals surface area contributed by atoms with E-state index in [2.05, 4.69) is 10.1 Å². The van der Waals surface area contributed by atoms with Crippen LogP contribution in [0.3, 0.4) is 0 Å². The second-order valence-electron chi connectivity index (χ2n) is 5.77. The molecule has 0 aliphatic carbocycles. The van der Waals surface area contributed by atoms with Crippen LogP contribution in [0.25, 0.3) is 11.4 Å². The Morgan fingerprint density at radius 3 is 2.70 bits per heavy atom. The Balaban J connectivity index is 1.72. The van der Waals surface area contributed by atoms with E-state index in [0.29, 0.717) is 16.3 Å². The van der Waals surface area contributed by atoms with Crippen molar-refractivity contribution in [3.05, 3.63) is 59.2 Å². The lowest BCUT2D eigenvalue weighted by molar-refractivity contribution is -0.137. The number of ether oxygens (including phenoxy) is 1. The van der Waals surface area contributed by atoms with E-state index in [0.717, 1.165) is 0 Å². The first kappa shape index (κ1) is 18.8. The molecule has 3 aromatic rings. The fourth-order valence-corrected chi connectivity index (χ4v) is 2.45. The van der Waals surface area contributed by atoms with Gasteiger partial charge in [0.05, 0.1) is 6.42 Å². The molecule has 0 amide bonds. The minimum Gasteiger partial charge on any atom is -0.481 e.